The fourth-order valence-electron chi connectivity index (χ4n) is 3.80. The molecule has 7 nitrogen and oxygen atoms in total. The number of para-hydroxylation sites is 1. The lowest BCUT2D eigenvalue weighted by atomic mass is 9.86. The molecule has 186 valence electrons. The molecule has 34 heavy (non-hydrogen) atoms. The number of hydrogen-bond donors (Lipinski definition) is 4. The number of benzene rings is 2. The number of phenols is 1. The zero-order chi connectivity index (χ0) is 25.0. The maximum Gasteiger partial charge on any atom is 0.255 e. The van der Waals surface area contributed by atoms with Gasteiger partial charge in [-0.2, -0.15) is 0 Å². The zero-order valence-electron chi connectivity index (χ0n) is 20.8. The topological polar surface area (TPSA) is 99.7 Å². The minimum atomic E-state index is -0.250. The second-order valence-electron chi connectivity index (χ2n) is 9.64. The molecule has 0 radical (unpaired) electrons. The van der Waals surface area contributed by atoms with Gasteiger partial charge in [0.2, 0.25) is 0 Å². The Morgan fingerprint density at radius 3 is 2.47 bits per heavy atom. The van der Waals surface area contributed by atoms with Gasteiger partial charge in [0.25, 0.3) is 11.8 Å². The number of hydrogen-bond acceptors (Lipinski definition) is 5. The van der Waals surface area contributed by atoms with E-state index in [1.54, 1.807) is 37.4 Å². The number of carbonyl (C=O) groups is 2. The first kappa shape index (κ1) is 27.2. The van der Waals surface area contributed by atoms with E-state index in [1.807, 2.05) is 12.1 Å². The molecule has 2 amide bonds. The molecular formula is C27H39N3O4. The summed E-state index contributed by atoms with van der Waals surface area (Å²) in [6.45, 7) is 8.47. The van der Waals surface area contributed by atoms with Gasteiger partial charge >= 0.3 is 0 Å². The lowest BCUT2D eigenvalue weighted by Crippen LogP contribution is -2.36. The lowest BCUT2D eigenvalue weighted by Gasteiger charge is -2.27. The lowest BCUT2D eigenvalue weighted by molar-refractivity contribution is 0.0946. The largest absolute Gasteiger partial charge is 0.507 e. The molecule has 0 aliphatic heterocycles. The number of rotatable bonds is 13. The van der Waals surface area contributed by atoms with Gasteiger partial charge in [0.15, 0.2) is 0 Å². The highest BCUT2D eigenvalue weighted by molar-refractivity contribution is 5.96. The van der Waals surface area contributed by atoms with Gasteiger partial charge in [0.05, 0.1) is 5.56 Å². The van der Waals surface area contributed by atoms with Gasteiger partial charge in [0, 0.05) is 31.7 Å². The summed E-state index contributed by atoms with van der Waals surface area (Å²) in [5.74, 6) is 0.290. The maximum atomic E-state index is 12.2. The maximum absolute atomic E-state index is 12.2. The highest BCUT2D eigenvalue weighted by atomic mass is 16.5. The van der Waals surface area contributed by atoms with Crippen LogP contribution in [-0.4, -0.2) is 49.7 Å². The Hall–Kier alpha value is -3.06. The number of phenolic OH excluding ortho intramolecular Hbond substituents is 1. The molecule has 1 unspecified atom stereocenters. The molecule has 2 rings (SSSR count). The van der Waals surface area contributed by atoms with Crippen LogP contribution in [0.15, 0.2) is 48.5 Å². The highest BCUT2D eigenvalue weighted by Gasteiger charge is 2.18. The first-order valence-corrected chi connectivity index (χ1v) is 11.9. The van der Waals surface area contributed by atoms with Gasteiger partial charge in [-0.25, -0.2) is 0 Å². The Kier molecular flexibility index (Phi) is 10.9. The van der Waals surface area contributed by atoms with Crippen LogP contribution in [0.25, 0.3) is 0 Å². The molecule has 0 aliphatic rings. The summed E-state index contributed by atoms with van der Waals surface area (Å²) in [7, 11) is 1.61. The van der Waals surface area contributed by atoms with Crippen molar-refractivity contribution in [2.24, 2.45) is 5.41 Å². The van der Waals surface area contributed by atoms with E-state index < -0.39 is 0 Å². The zero-order valence-corrected chi connectivity index (χ0v) is 20.8. The molecule has 0 bridgehead atoms. The van der Waals surface area contributed by atoms with Crippen LogP contribution in [-0.2, 0) is 0 Å². The molecule has 0 heterocycles. The quantitative estimate of drug-likeness (QED) is 0.331. The van der Waals surface area contributed by atoms with Gasteiger partial charge in [-0.3, -0.25) is 9.59 Å². The standard InChI is InChI=1S/C27H39N3O4/c1-27(2,3)19-21(11-7-8-15-30-26(33)23-13-5-6-14-24(23)31)29-16-17-34-22-12-9-10-20(18-22)25(32)28-4/h5-6,9-10,12-14,18,21,29,31H,7-8,11,15-17,19H2,1-4H3,(H,28,32)(H,30,33). The number of unbranched alkanes of at least 4 members (excludes halogenated alkanes) is 1. The molecule has 0 saturated carbocycles. The van der Waals surface area contributed by atoms with Crippen molar-refractivity contribution < 1.29 is 19.4 Å². The van der Waals surface area contributed by atoms with Crippen molar-refractivity contribution in [3.8, 4) is 11.5 Å². The fraction of sp³-hybridized carbons (Fsp3) is 0.481. The van der Waals surface area contributed by atoms with E-state index in [0.717, 1.165) is 25.7 Å². The predicted molar refractivity (Wildman–Crippen MR) is 135 cm³/mol. The van der Waals surface area contributed by atoms with Crippen LogP contribution < -0.4 is 20.7 Å². The average Bonchev–Trinajstić information content (AvgIpc) is 2.80. The minimum absolute atomic E-state index is 0.00276. The molecule has 0 aromatic heterocycles. The number of carbonyl (C=O) groups excluding carboxylic acids is 2. The van der Waals surface area contributed by atoms with Crippen molar-refractivity contribution in [1.82, 2.24) is 16.0 Å². The molecule has 1 atom stereocenters. The third kappa shape index (κ3) is 9.83. The van der Waals surface area contributed by atoms with E-state index in [2.05, 4.69) is 36.7 Å². The van der Waals surface area contributed by atoms with Crippen LogP contribution in [0.3, 0.4) is 0 Å². The van der Waals surface area contributed by atoms with Crippen LogP contribution >= 0.6 is 0 Å². The Labute approximate surface area is 203 Å². The normalized spacial score (nSPS) is 12.1. The first-order valence-electron chi connectivity index (χ1n) is 11.9. The van der Waals surface area contributed by atoms with Crippen LogP contribution in [0.4, 0.5) is 0 Å². The van der Waals surface area contributed by atoms with Gasteiger partial charge in [-0.15, -0.1) is 0 Å². The first-order chi connectivity index (χ1) is 16.2. The molecule has 2 aromatic carbocycles. The number of nitrogens with one attached hydrogen (secondary N) is 3. The summed E-state index contributed by atoms with van der Waals surface area (Å²) < 4.78 is 5.83. The molecule has 0 aliphatic carbocycles. The van der Waals surface area contributed by atoms with E-state index in [9.17, 15) is 14.7 Å². The van der Waals surface area contributed by atoms with Crippen molar-refractivity contribution in [3.05, 3.63) is 59.7 Å². The number of aromatic hydroxyl groups is 1. The third-order valence-electron chi connectivity index (χ3n) is 5.40. The molecule has 0 spiro atoms. The van der Waals surface area contributed by atoms with Gasteiger partial charge in [-0.1, -0.05) is 45.4 Å². The summed E-state index contributed by atoms with van der Waals surface area (Å²) >= 11 is 0. The molecule has 0 saturated heterocycles. The Balaban J connectivity index is 1.73. The minimum Gasteiger partial charge on any atom is -0.507 e. The van der Waals surface area contributed by atoms with E-state index in [-0.39, 0.29) is 23.0 Å². The monoisotopic (exact) mass is 469 g/mol. The second-order valence-corrected chi connectivity index (χ2v) is 9.64. The number of amides is 2. The van der Waals surface area contributed by atoms with Crippen molar-refractivity contribution in [1.29, 1.82) is 0 Å². The van der Waals surface area contributed by atoms with Gasteiger partial charge in [-0.05, 0) is 55.0 Å². The fourth-order valence-corrected chi connectivity index (χ4v) is 3.80. The predicted octanol–water partition coefficient (Wildman–Crippen LogP) is 4.13. The smallest absolute Gasteiger partial charge is 0.255 e. The molecule has 7 heteroatoms. The van der Waals surface area contributed by atoms with Crippen LogP contribution in [0.1, 0.15) is 67.2 Å². The van der Waals surface area contributed by atoms with E-state index in [1.165, 1.54) is 6.07 Å². The number of ether oxygens (including phenoxy) is 1. The van der Waals surface area contributed by atoms with Gasteiger partial charge in [0.1, 0.15) is 18.1 Å². The SMILES string of the molecule is CNC(=O)c1cccc(OCCNC(CCCCNC(=O)c2ccccc2O)CC(C)(C)C)c1. The summed E-state index contributed by atoms with van der Waals surface area (Å²) in [5, 5.41) is 18.9. The van der Waals surface area contributed by atoms with E-state index in [0.29, 0.717) is 42.6 Å². The Bertz CT molecular complexity index is 924. The van der Waals surface area contributed by atoms with Crippen molar-refractivity contribution >= 4 is 11.8 Å². The van der Waals surface area contributed by atoms with E-state index >= 15 is 0 Å². The molecule has 4 N–H and O–H groups in total. The van der Waals surface area contributed by atoms with Crippen molar-refractivity contribution in [3.63, 3.8) is 0 Å². The highest BCUT2D eigenvalue weighted by Crippen LogP contribution is 2.23. The molecule has 2 aromatic rings. The van der Waals surface area contributed by atoms with Crippen LogP contribution in [0.2, 0.25) is 0 Å². The van der Waals surface area contributed by atoms with Gasteiger partial charge < -0.3 is 25.8 Å². The van der Waals surface area contributed by atoms with Crippen LogP contribution in [0, 0.1) is 5.41 Å². The summed E-state index contributed by atoms with van der Waals surface area (Å²) in [6.07, 6.45) is 3.87. The summed E-state index contributed by atoms with van der Waals surface area (Å²) in [4.78, 5) is 24.0. The van der Waals surface area contributed by atoms with E-state index in [4.69, 9.17) is 4.74 Å². The Morgan fingerprint density at radius 2 is 1.76 bits per heavy atom. The van der Waals surface area contributed by atoms with Crippen LogP contribution in [0.5, 0.6) is 11.5 Å². The summed E-state index contributed by atoms with van der Waals surface area (Å²) in [6, 6.07) is 14.1. The average molecular weight is 470 g/mol. The van der Waals surface area contributed by atoms with Crippen molar-refractivity contribution in [2.45, 2.75) is 52.5 Å². The molecular weight excluding hydrogens is 430 g/mol. The molecule has 0 fully saturated rings. The Morgan fingerprint density at radius 1 is 1.00 bits per heavy atom. The third-order valence-corrected chi connectivity index (χ3v) is 5.40. The second kappa shape index (κ2) is 13.6. The van der Waals surface area contributed by atoms with Crippen molar-refractivity contribution in [2.75, 3.05) is 26.7 Å². The summed E-state index contributed by atoms with van der Waals surface area (Å²) in [5.41, 5.74) is 1.07.